The minimum atomic E-state index is -0.0761. The van der Waals surface area contributed by atoms with Crippen molar-refractivity contribution in [2.24, 2.45) is 23.2 Å². The Morgan fingerprint density at radius 1 is 1.30 bits per heavy atom. The summed E-state index contributed by atoms with van der Waals surface area (Å²) in [6.45, 7) is 0.489. The van der Waals surface area contributed by atoms with Gasteiger partial charge in [0.1, 0.15) is 5.82 Å². The van der Waals surface area contributed by atoms with E-state index in [0.717, 1.165) is 42.6 Å². The van der Waals surface area contributed by atoms with Crippen LogP contribution in [0, 0.1) is 23.2 Å². The van der Waals surface area contributed by atoms with Crippen LogP contribution in [-0.2, 0) is 11.3 Å². The standard InChI is InChI=1S/C15H22N4O/c16-13-12(8-18-19-13)7-17-14(20)15-4-9-1-10(5-15)3-11(2-9)6-15/h8-11H,1-7H2,(H,17,20)(H3,16,18,19). The highest BCUT2D eigenvalue weighted by Gasteiger charge is 2.54. The number of nitrogens with one attached hydrogen (secondary N) is 2. The first kappa shape index (κ1) is 12.2. The molecule has 0 atom stereocenters. The first-order valence-electron chi connectivity index (χ1n) is 7.71. The second kappa shape index (κ2) is 4.24. The minimum Gasteiger partial charge on any atom is -0.384 e. The quantitative estimate of drug-likeness (QED) is 0.786. The van der Waals surface area contributed by atoms with Crippen LogP contribution in [0.1, 0.15) is 44.1 Å². The third-order valence-corrected chi connectivity index (χ3v) is 5.71. The lowest BCUT2D eigenvalue weighted by atomic mass is 9.49. The first-order valence-corrected chi connectivity index (χ1v) is 7.71. The molecule has 4 bridgehead atoms. The maximum atomic E-state index is 12.7. The van der Waals surface area contributed by atoms with Crippen LogP contribution >= 0.6 is 0 Å². The highest BCUT2D eigenvalue weighted by molar-refractivity contribution is 5.83. The average Bonchev–Trinajstić information content (AvgIpc) is 2.80. The van der Waals surface area contributed by atoms with Gasteiger partial charge in [0.05, 0.1) is 6.20 Å². The number of nitrogens with two attached hydrogens (primary N) is 1. The second-order valence-electron chi connectivity index (χ2n) is 7.19. The number of hydrogen-bond donors (Lipinski definition) is 3. The number of nitrogen functional groups attached to an aromatic ring is 1. The SMILES string of the molecule is Nc1[nH]ncc1CNC(=O)C12CC3CC(CC(C3)C1)C2. The molecule has 20 heavy (non-hydrogen) atoms. The predicted octanol–water partition coefficient (Wildman–Crippen LogP) is 1.82. The Balaban J connectivity index is 1.47. The Hall–Kier alpha value is -1.52. The fourth-order valence-corrected chi connectivity index (χ4v) is 5.21. The summed E-state index contributed by atoms with van der Waals surface area (Å²) < 4.78 is 0. The molecule has 1 amide bonds. The number of H-pyrrole nitrogens is 1. The average molecular weight is 274 g/mol. The predicted molar refractivity (Wildman–Crippen MR) is 75.5 cm³/mol. The highest BCUT2D eigenvalue weighted by Crippen LogP contribution is 2.60. The second-order valence-corrected chi connectivity index (χ2v) is 7.19. The number of amides is 1. The van der Waals surface area contributed by atoms with Crippen LogP contribution in [0.2, 0.25) is 0 Å². The van der Waals surface area contributed by atoms with E-state index >= 15 is 0 Å². The monoisotopic (exact) mass is 274 g/mol. The molecule has 1 aromatic rings. The molecular formula is C15H22N4O. The molecule has 5 nitrogen and oxygen atoms in total. The van der Waals surface area contributed by atoms with Gasteiger partial charge in [0.25, 0.3) is 0 Å². The van der Waals surface area contributed by atoms with E-state index in [1.54, 1.807) is 6.20 Å². The molecule has 0 aliphatic heterocycles. The van der Waals surface area contributed by atoms with Gasteiger partial charge in [-0.15, -0.1) is 0 Å². The van der Waals surface area contributed by atoms with Crippen molar-refractivity contribution in [3.8, 4) is 0 Å². The Morgan fingerprint density at radius 3 is 2.40 bits per heavy atom. The van der Waals surface area contributed by atoms with Gasteiger partial charge < -0.3 is 11.1 Å². The number of aromatic amines is 1. The van der Waals surface area contributed by atoms with Gasteiger partial charge in [-0.25, -0.2) is 0 Å². The van der Waals surface area contributed by atoms with Gasteiger partial charge in [0, 0.05) is 17.5 Å². The number of carbonyl (C=O) groups excluding carboxylic acids is 1. The number of anilines is 1. The number of rotatable bonds is 3. The van der Waals surface area contributed by atoms with E-state index in [4.69, 9.17) is 5.73 Å². The van der Waals surface area contributed by atoms with E-state index in [0.29, 0.717) is 12.4 Å². The van der Waals surface area contributed by atoms with Crippen LogP contribution in [0.15, 0.2) is 6.20 Å². The van der Waals surface area contributed by atoms with Gasteiger partial charge in [-0.2, -0.15) is 5.10 Å². The smallest absolute Gasteiger partial charge is 0.226 e. The summed E-state index contributed by atoms with van der Waals surface area (Å²) in [4.78, 5) is 12.7. The Labute approximate surface area is 118 Å². The summed E-state index contributed by atoms with van der Waals surface area (Å²) in [5.41, 5.74) is 6.57. The van der Waals surface area contributed by atoms with Crippen molar-refractivity contribution in [3.63, 3.8) is 0 Å². The van der Waals surface area contributed by atoms with Crippen LogP contribution in [0.3, 0.4) is 0 Å². The van der Waals surface area contributed by atoms with E-state index in [1.165, 1.54) is 19.3 Å². The Kier molecular flexibility index (Phi) is 2.59. The molecule has 4 fully saturated rings. The third kappa shape index (κ3) is 1.83. The molecule has 0 spiro atoms. The van der Waals surface area contributed by atoms with Gasteiger partial charge in [-0.1, -0.05) is 0 Å². The lowest BCUT2D eigenvalue weighted by Gasteiger charge is -2.55. The van der Waals surface area contributed by atoms with Crippen molar-refractivity contribution < 1.29 is 4.79 Å². The maximum absolute atomic E-state index is 12.7. The molecule has 108 valence electrons. The molecular weight excluding hydrogens is 252 g/mol. The molecule has 0 unspecified atom stereocenters. The number of aromatic nitrogens is 2. The molecule has 4 saturated carbocycles. The number of nitrogens with zero attached hydrogens (tertiary/aromatic N) is 1. The molecule has 0 saturated heterocycles. The van der Waals surface area contributed by atoms with Crippen LogP contribution in [-0.4, -0.2) is 16.1 Å². The van der Waals surface area contributed by atoms with E-state index in [1.807, 2.05) is 0 Å². The van der Waals surface area contributed by atoms with Crippen LogP contribution < -0.4 is 11.1 Å². The molecule has 0 aromatic carbocycles. The summed E-state index contributed by atoms with van der Waals surface area (Å²) in [5, 5.41) is 9.70. The summed E-state index contributed by atoms with van der Waals surface area (Å²) in [7, 11) is 0. The lowest BCUT2D eigenvalue weighted by Crippen LogP contribution is -2.53. The molecule has 4 aliphatic rings. The fraction of sp³-hybridized carbons (Fsp3) is 0.733. The van der Waals surface area contributed by atoms with Crippen LogP contribution in [0.4, 0.5) is 5.82 Å². The zero-order valence-corrected chi connectivity index (χ0v) is 11.7. The topological polar surface area (TPSA) is 83.8 Å². The summed E-state index contributed by atoms with van der Waals surface area (Å²) >= 11 is 0. The summed E-state index contributed by atoms with van der Waals surface area (Å²) in [6, 6.07) is 0. The van der Waals surface area contributed by atoms with Crippen molar-refractivity contribution in [1.82, 2.24) is 15.5 Å². The molecule has 5 heteroatoms. The molecule has 4 N–H and O–H groups in total. The molecule has 1 aromatic heterocycles. The lowest BCUT2D eigenvalue weighted by molar-refractivity contribution is -0.146. The van der Waals surface area contributed by atoms with E-state index < -0.39 is 0 Å². The van der Waals surface area contributed by atoms with Crippen LogP contribution in [0.5, 0.6) is 0 Å². The van der Waals surface area contributed by atoms with Crippen molar-refractivity contribution in [2.75, 3.05) is 5.73 Å². The van der Waals surface area contributed by atoms with Gasteiger partial charge in [-0.3, -0.25) is 9.89 Å². The Bertz CT molecular complexity index is 500. The molecule has 5 rings (SSSR count). The van der Waals surface area contributed by atoms with Gasteiger partial charge in [0.2, 0.25) is 5.91 Å². The normalized spacial score (nSPS) is 38.1. The Morgan fingerprint density at radius 2 is 1.90 bits per heavy atom. The van der Waals surface area contributed by atoms with E-state index in [2.05, 4.69) is 15.5 Å². The van der Waals surface area contributed by atoms with Crippen molar-refractivity contribution in [3.05, 3.63) is 11.8 Å². The van der Waals surface area contributed by atoms with Crippen molar-refractivity contribution >= 4 is 11.7 Å². The minimum absolute atomic E-state index is 0.0761. The summed E-state index contributed by atoms with van der Waals surface area (Å²) in [5.74, 6) is 3.19. The van der Waals surface area contributed by atoms with Gasteiger partial charge in [-0.05, 0) is 56.3 Å². The zero-order valence-electron chi connectivity index (χ0n) is 11.7. The third-order valence-electron chi connectivity index (χ3n) is 5.71. The van der Waals surface area contributed by atoms with E-state index in [9.17, 15) is 4.79 Å². The maximum Gasteiger partial charge on any atom is 0.226 e. The van der Waals surface area contributed by atoms with Gasteiger partial charge in [0.15, 0.2) is 0 Å². The summed E-state index contributed by atoms with van der Waals surface area (Å²) in [6.07, 6.45) is 9.09. The molecule has 1 heterocycles. The zero-order chi connectivity index (χ0) is 13.7. The molecule has 4 aliphatic carbocycles. The largest absolute Gasteiger partial charge is 0.384 e. The number of hydrogen-bond acceptors (Lipinski definition) is 3. The molecule has 0 radical (unpaired) electrons. The van der Waals surface area contributed by atoms with Crippen molar-refractivity contribution in [2.45, 2.75) is 45.1 Å². The highest BCUT2D eigenvalue weighted by atomic mass is 16.2. The van der Waals surface area contributed by atoms with Crippen LogP contribution in [0.25, 0.3) is 0 Å². The van der Waals surface area contributed by atoms with Gasteiger partial charge >= 0.3 is 0 Å². The first-order chi connectivity index (χ1) is 9.64. The number of carbonyl (C=O) groups is 1. The van der Waals surface area contributed by atoms with E-state index in [-0.39, 0.29) is 11.3 Å². The fourth-order valence-electron chi connectivity index (χ4n) is 5.21. The van der Waals surface area contributed by atoms with Crippen molar-refractivity contribution in [1.29, 1.82) is 0 Å².